The number of fused-ring (bicyclic) bond motifs is 1. The molecule has 0 saturated carbocycles. The van der Waals surface area contributed by atoms with Gasteiger partial charge in [0, 0.05) is 27.6 Å². The maximum Gasteiger partial charge on any atom is 0.104 e. The van der Waals surface area contributed by atoms with Gasteiger partial charge in [0.05, 0.1) is 10.7 Å². The van der Waals surface area contributed by atoms with Crippen LogP contribution in [0.5, 0.6) is 0 Å². The van der Waals surface area contributed by atoms with Gasteiger partial charge in [-0.3, -0.25) is 0 Å². The molecule has 0 unspecified atom stereocenters. The Morgan fingerprint density at radius 1 is 0.514 bits per heavy atom. The molecule has 0 aliphatic heterocycles. The van der Waals surface area contributed by atoms with Crippen molar-refractivity contribution in [1.82, 2.24) is 14.8 Å². The van der Waals surface area contributed by atoms with Crippen molar-refractivity contribution < 1.29 is 0 Å². The first-order valence-corrected chi connectivity index (χ1v) is 12.8. The Kier molecular flexibility index (Phi) is 5.65. The van der Waals surface area contributed by atoms with Crippen molar-refractivity contribution >= 4 is 22.5 Å². The lowest BCUT2D eigenvalue weighted by atomic mass is 9.99. The Morgan fingerprint density at radius 3 is 1.43 bits per heavy atom. The summed E-state index contributed by atoms with van der Waals surface area (Å²) in [6.45, 7) is 0. The van der Waals surface area contributed by atoms with Gasteiger partial charge in [0.1, 0.15) is 11.4 Å². The molecule has 6 rings (SSSR count). The van der Waals surface area contributed by atoms with E-state index in [4.69, 9.17) is 10.2 Å². The van der Waals surface area contributed by atoms with E-state index in [-0.39, 0.29) is 0 Å². The third kappa shape index (κ3) is 3.72. The van der Waals surface area contributed by atoms with Crippen molar-refractivity contribution in [2.24, 2.45) is 0 Å². The molecule has 0 radical (unpaired) electrons. The molecule has 0 N–H and O–H groups in total. The van der Waals surface area contributed by atoms with Crippen LogP contribution >= 0.6 is 11.8 Å². The highest BCUT2D eigenvalue weighted by Crippen LogP contribution is 2.46. The third-order valence-corrected chi connectivity index (χ3v) is 6.97. The lowest BCUT2D eigenvalue weighted by Gasteiger charge is -2.13. The number of nitrogens with zero attached hydrogens (tertiary/aromatic N) is 3. The molecular formula is C31H23N3S. The van der Waals surface area contributed by atoms with Gasteiger partial charge >= 0.3 is 0 Å². The predicted octanol–water partition coefficient (Wildman–Crippen LogP) is 8.14. The van der Waals surface area contributed by atoms with Crippen LogP contribution < -0.4 is 0 Å². The molecule has 2 heterocycles. The van der Waals surface area contributed by atoms with Gasteiger partial charge in [0.25, 0.3) is 0 Å². The van der Waals surface area contributed by atoms with Crippen molar-refractivity contribution in [1.29, 1.82) is 0 Å². The minimum Gasteiger partial charge on any atom is -0.303 e. The fourth-order valence-corrected chi connectivity index (χ4v) is 5.47. The minimum absolute atomic E-state index is 0.893. The summed E-state index contributed by atoms with van der Waals surface area (Å²) in [6, 6.07) is 41.9. The fraction of sp³-hybridized carbons (Fsp3) is 0.0323. The van der Waals surface area contributed by atoms with Gasteiger partial charge in [-0.05, 0) is 24.0 Å². The van der Waals surface area contributed by atoms with E-state index in [9.17, 15) is 0 Å². The van der Waals surface area contributed by atoms with Gasteiger partial charge < -0.3 is 4.57 Å². The summed E-state index contributed by atoms with van der Waals surface area (Å²) < 4.78 is 2.37. The molecule has 0 bridgehead atoms. The summed E-state index contributed by atoms with van der Waals surface area (Å²) in [5.74, 6) is 0. The van der Waals surface area contributed by atoms with Crippen molar-refractivity contribution in [3.8, 4) is 39.5 Å². The summed E-state index contributed by atoms with van der Waals surface area (Å²) >= 11 is 1.74. The van der Waals surface area contributed by atoms with E-state index in [0.29, 0.717) is 0 Å². The van der Waals surface area contributed by atoms with Crippen LogP contribution in [0.1, 0.15) is 0 Å². The molecule has 0 aliphatic carbocycles. The zero-order valence-corrected chi connectivity index (χ0v) is 20.1. The first-order chi connectivity index (χ1) is 17.4. The van der Waals surface area contributed by atoms with Crippen LogP contribution in [0.2, 0.25) is 0 Å². The minimum atomic E-state index is 0.893. The van der Waals surface area contributed by atoms with Crippen LogP contribution in [0.3, 0.4) is 0 Å². The first-order valence-electron chi connectivity index (χ1n) is 11.6. The lowest BCUT2D eigenvalue weighted by molar-refractivity contribution is 0.976. The van der Waals surface area contributed by atoms with Crippen LogP contribution in [0.25, 0.3) is 50.2 Å². The molecule has 0 amide bonds. The van der Waals surface area contributed by atoms with E-state index >= 15 is 0 Å². The van der Waals surface area contributed by atoms with E-state index in [1.54, 1.807) is 11.8 Å². The van der Waals surface area contributed by atoms with Gasteiger partial charge in [-0.25, -0.2) is 0 Å². The van der Waals surface area contributed by atoms with Gasteiger partial charge in [-0.2, -0.15) is 0 Å². The van der Waals surface area contributed by atoms with Gasteiger partial charge in [0.2, 0.25) is 0 Å². The molecule has 3 nitrogen and oxygen atoms in total. The number of hydrogen-bond donors (Lipinski definition) is 0. The normalized spacial score (nSPS) is 11.1. The average Bonchev–Trinajstić information content (AvgIpc) is 3.30. The lowest BCUT2D eigenvalue weighted by Crippen LogP contribution is -1.98. The third-order valence-electron chi connectivity index (χ3n) is 6.20. The quantitative estimate of drug-likeness (QED) is 0.239. The summed E-state index contributed by atoms with van der Waals surface area (Å²) in [7, 11) is 0. The van der Waals surface area contributed by atoms with E-state index < -0.39 is 0 Å². The van der Waals surface area contributed by atoms with Crippen LogP contribution in [0.15, 0.2) is 126 Å². The highest BCUT2D eigenvalue weighted by molar-refractivity contribution is 7.98. The Morgan fingerprint density at radius 2 is 0.943 bits per heavy atom. The molecule has 4 aromatic carbocycles. The predicted molar refractivity (Wildman–Crippen MR) is 147 cm³/mol. The van der Waals surface area contributed by atoms with Crippen molar-refractivity contribution in [2.75, 3.05) is 6.26 Å². The number of benzene rings is 4. The zero-order valence-electron chi connectivity index (χ0n) is 19.3. The largest absolute Gasteiger partial charge is 0.303 e. The van der Waals surface area contributed by atoms with Crippen LogP contribution in [-0.4, -0.2) is 21.0 Å². The maximum absolute atomic E-state index is 4.85. The average molecular weight is 470 g/mol. The SMILES string of the molecule is CSc1c2c(-c3ccccc3)nnc(-c3ccccc3)c2c(-c2ccccc2)n1-c1ccccc1. The molecule has 0 fully saturated rings. The van der Waals surface area contributed by atoms with E-state index in [0.717, 1.165) is 55.3 Å². The smallest absolute Gasteiger partial charge is 0.104 e. The van der Waals surface area contributed by atoms with Crippen LogP contribution in [0.4, 0.5) is 0 Å². The molecule has 35 heavy (non-hydrogen) atoms. The molecule has 4 heteroatoms. The molecule has 0 aliphatic rings. The monoisotopic (exact) mass is 469 g/mol. The topological polar surface area (TPSA) is 30.7 Å². The van der Waals surface area contributed by atoms with Gasteiger partial charge in [-0.15, -0.1) is 22.0 Å². The van der Waals surface area contributed by atoms with Crippen LogP contribution in [0, 0.1) is 0 Å². The second-order valence-electron chi connectivity index (χ2n) is 8.27. The molecule has 168 valence electrons. The van der Waals surface area contributed by atoms with Gasteiger partial charge in [0.15, 0.2) is 0 Å². The Bertz CT molecular complexity index is 1590. The van der Waals surface area contributed by atoms with E-state index in [1.165, 1.54) is 0 Å². The standard InChI is InChI=1S/C31H23N3S/c1-35-31-27-26(30(24-18-10-4-11-19-24)34(31)25-20-12-5-13-21-25)28(22-14-6-2-7-15-22)32-33-29(27)23-16-8-3-9-17-23/h2-21H,1H3. The number of rotatable bonds is 5. The van der Waals surface area contributed by atoms with E-state index in [1.807, 2.05) is 12.1 Å². The highest BCUT2D eigenvalue weighted by Gasteiger charge is 2.26. The Balaban J connectivity index is 1.85. The molecule has 0 spiro atoms. The molecular weight excluding hydrogens is 446 g/mol. The van der Waals surface area contributed by atoms with Gasteiger partial charge in [-0.1, -0.05) is 109 Å². The number of para-hydroxylation sites is 1. The Hall–Kier alpha value is -4.15. The number of hydrogen-bond acceptors (Lipinski definition) is 3. The van der Waals surface area contributed by atoms with Crippen molar-refractivity contribution in [3.63, 3.8) is 0 Å². The highest BCUT2D eigenvalue weighted by atomic mass is 32.2. The number of aromatic nitrogens is 3. The maximum atomic E-state index is 4.85. The van der Waals surface area contributed by atoms with Crippen molar-refractivity contribution in [3.05, 3.63) is 121 Å². The first kappa shape index (κ1) is 21.4. The molecule has 0 atom stereocenters. The summed E-state index contributed by atoms with van der Waals surface area (Å²) in [6.07, 6.45) is 2.14. The fourth-order valence-electron chi connectivity index (χ4n) is 4.68. The van der Waals surface area contributed by atoms with E-state index in [2.05, 4.69) is 120 Å². The second kappa shape index (κ2) is 9.24. The molecule has 6 aromatic rings. The zero-order chi connectivity index (χ0) is 23.6. The summed E-state index contributed by atoms with van der Waals surface area (Å²) in [5, 5.41) is 13.1. The summed E-state index contributed by atoms with van der Waals surface area (Å²) in [4.78, 5) is 0. The molecule has 2 aromatic heterocycles. The molecule has 0 saturated heterocycles. The van der Waals surface area contributed by atoms with Crippen LogP contribution in [-0.2, 0) is 0 Å². The van der Waals surface area contributed by atoms with Crippen molar-refractivity contribution in [2.45, 2.75) is 5.03 Å². The Labute approximate surface area is 209 Å². The summed E-state index contributed by atoms with van der Waals surface area (Å²) in [5.41, 5.74) is 7.29. The number of thioether (sulfide) groups is 1. The second-order valence-corrected chi connectivity index (χ2v) is 9.07.